The van der Waals surface area contributed by atoms with E-state index in [2.05, 4.69) is 10.0 Å². The number of nitrogen functional groups attached to an aromatic ring is 1. The number of hydrogen-bond acceptors (Lipinski definition) is 2. The number of halogens is 2. The predicted molar refractivity (Wildman–Crippen MR) is 58.4 cm³/mol. The topological polar surface area (TPSA) is 74.8 Å². The summed E-state index contributed by atoms with van der Waals surface area (Å²) in [5, 5.41) is 3.31. The molecule has 84 valence electrons. The first-order valence-electron chi connectivity index (χ1n) is 4.57. The van der Waals surface area contributed by atoms with Crippen molar-refractivity contribution in [1.29, 1.82) is 0 Å². The van der Waals surface area contributed by atoms with Crippen LogP contribution in [0.15, 0.2) is 23.3 Å². The summed E-state index contributed by atoms with van der Waals surface area (Å²) < 4.78 is 26.0. The van der Waals surface area contributed by atoms with Gasteiger partial charge in [0.1, 0.15) is 11.6 Å². The summed E-state index contributed by atoms with van der Waals surface area (Å²) in [7, 11) is 0. The van der Waals surface area contributed by atoms with Crippen molar-refractivity contribution in [3.63, 3.8) is 0 Å². The zero-order valence-corrected chi connectivity index (χ0v) is 8.40. The lowest BCUT2D eigenvalue weighted by molar-refractivity contribution is 0.584. The second-order valence-electron chi connectivity index (χ2n) is 3.04. The largest absolute Gasteiger partial charge is 0.396 e. The molecule has 0 aliphatic heterocycles. The summed E-state index contributed by atoms with van der Waals surface area (Å²) in [4.78, 5) is 2.57. The Morgan fingerprint density at radius 1 is 1.38 bits per heavy atom. The average Bonchev–Trinajstić information content (AvgIpc) is 2.25. The molecule has 0 bridgehead atoms. The maximum atomic E-state index is 13.2. The summed E-state index contributed by atoms with van der Waals surface area (Å²) in [6, 6.07) is 1.96. The van der Waals surface area contributed by atoms with Gasteiger partial charge >= 0.3 is 0 Å². The fourth-order valence-corrected chi connectivity index (χ4v) is 1.10. The van der Waals surface area contributed by atoms with Crippen LogP contribution in [0.4, 0.5) is 14.5 Å². The Labute approximate surface area is 91.0 Å². The van der Waals surface area contributed by atoms with Crippen LogP contribution in [-0.2, 0) is 0 Å². The van der Waals surface area contributed by atoms with Gasteiger partial charge in [-0.25, -0.2) is 8.78 Å². The predicted octanol–water partition coefficient (Wildman–Crippen LogP) is 3.26. The van der Waals surface area contributed by atoms with Crippen LogP contribution in [0.2, 0.25) is 0 Å². The molecule has 0 fully saturated rings. The summed E-state index contributed by atoms with van der Waals surface area (Å²) in [6.07, 6.45) is 3.59. The molecular weight excluding hydrogens is 214 g/mol. The van der Waals surface area contributed by atoms with Crippen LogP contribution in [0.5, 0.6) is 0 Å². The highest BCUT2D eigenvalue weighted by Gasteiger charge is 2.04. The molecule has 1 aromatic rings. The number of anilines is 1. The van der Waals surface area contributed by atoms with Crippen molar-refractivity contribution in [3.05, 3.63) is 45.8 Å². The monoisotopic (exact) mass is 224 g/mol. The first kappa shape index (κ1) is 12.0. The van der Waals surface area contributed by atoms with Gasteiger partial charge in [-0.1, -0.05) is 17.3 Å². The maximum Gasteiger partial charge on any atom is 0.149 e. The van der Waals surface area contributed by atoms with Gasteiger partial charge in [0.15, 0.2) is 0 Å². The lowest BCUT2D eigenvalue weighted by Gasteiger charge is -2.00. The summed E-state index contributed by atoms with van der Waals surface area (Å²) >= 11 is 0. The minimum Gasteiger partial charge on any atom is -0.396 e. The van der Waals surface area contributed by atoms with E-state index in [0.29, 0.717) is 13.0 Å². The van der Waals surface area contributed by atoms with E-state index in [-0.39, 0.29) is 11.3 Å². The Hall–Kier alpha value is -2.07. The van der Waals surface area contributed by atoms with Crippen molar-refractivity contribution >= 4 is 11.8 Å². The van der Waals surface area contributed by atoms with Crippen LogP contribution in [0, 0.1) is 11.6 Å². The number of benzene rings is 1. The van der Waals surface area contributed by atoms with Crippen molar-refractivity contribution in [1.82, 2.24) is 0 Å². The highest BCUT2D eigenvalue weighted by molar-refractivity contribution is 5.56. The molecule has 0 aliphatic rings. The second kappa shape index (κ2) is 5.72. The fraction of sp³-hybridized carbons (Fsp3) is 0.200. The smallest absolute Gasteiger partial charge is 0.149 e. The number of nitrogens with two attached hydrogens (primary N) is 1. The molecule has 0 unspecified atom stereocenters. The molecule has 4 nitrogen and oxygen atoms in total. The average molecular weight is 224 g/mol. The van der Waals surface area contributed by atoms with Gasteiger partial charge in [0.25, 0.3) is 0 Å². The molecule has 1 aromatic carbocycles. The van der Waals surface area contributed by atoms with Crippen molar-refractivity contribution in [2.24, 2.45) is 5.11 Å². The third kappa shape index (κ3) is 3.25. The van der Waals surface area contributed by atoms with Gasteiger partial charge in [0.05, 0.1) is 5.69 Å². The Morgan fingerprint density at radius 2 is 2.12 bits per heavy atom. The standard InChI is InChI=1S/C10H10F2N4/c11-8-6-9(12)10(13)5-7(8)3-1-2-4-15-16-14/h1,3,5-6H,2,4,13H2. The van der Waals surface area contributed by atoms with Crippen molar-refractivity contribution in [2.45, 2.75) is 6.42 Å². The van der Waals surface area contributed by atoms with Crippen LogP contribution in [0.25, 0.3) is 16.5 Å². The zero-order chi connectivity index (χ0) is 12.0. The molecule has 0 spiro atoms. The SMILES string of the molecule is [N-]=[N+]=NCCC=Cc1cc(N)c(F)cc1F. The quantitative estimate of drug-likeness (QED) is 0.275. The molecule has 6 heteroatoms. The Bertz CT molecular complexity index is 450. The van der Waals surface area contributed by atoms with Gasteiger partial charge in [-0.2, -0.15) is 0 Å². The molecule has 0 aliphatic carbocycles. The second-order valence-corrected chi connectivity index (χ2v) is 3.04. The molecule has 0 radical (unpaired) electrons. The van der Waals surface area contributed by atoms with Crippen molar-refractivity contribution in [2.75, 3.05) is 12.3 Å². The van der Waals surface area contributed by atoms with E-state index >= 15 is 0 Å². The fourth-order valence-electron chi connectivity index (χ4n) is 1.10. The van der Waals surface area contributed by atoms with E-state index in [1.165, 1.54) is 12.1 Å². The molecule has 0 amide bonds. The Balaban J connectivity index is 2.73. The lowest BCUT2D eigenvalue weighted by Crippen LogP contribution is -1.94. The summed E-state index contributed by atoms with van der Waals surface area (Å²) in [5.74, 6) is -1.45. The third-order valence-electron chi connectivity index (χ3n) is 1.87. The van der Waals surface area contributed by atoms with Crippen LogP contribution in [0.3, 0.4) is 0 Å². The van der Waals surface area contributed by atoms with E-state index in [1.807, 2.05) is 0 Å². The van der Waals surface area contributed by atoms with E-state index in [4.69, 9.17) is 11.3 Å². The Kier molecular flexibility index (Phi) is 4.29. The zero-order valence-electron chi connectivity index (χ0n) is 8.40. The normalized spacial score (nSPS) is 10.4. The van der Waals surface area contributed by atoms with E-state index < -0.39 is 11.6 Å². The number of nitrogens with zero attached hydrogens (tertiary/aromatic N) is 3. The van der Waals surface area contributed by atoms with E-state index in [1.54, 1.807) is 6.08 Å². The lowest BCUT2D eigenvalue weighted by atomic mass is 10.1. The molecule has 0 saturated carbocycles. The first-order valence-corrected chi connectivity index (χ1v) is 4.57. The first-order chi connectivity index (χ1) is 7.65. The van der Waals surface area contributed by atoms with Crippen LogP contribution in [0.1, 0.15) is 12.0 Å². The molecule has 16 heavy (non-hydrogen) atoms. The molecule has 0 atom stereocenters. The van der Waals surface area contributed by atoms with Crippen LogP contribution < -0.4 is 5.73 Å². The van der Waals surface area contributed by atoms with Crippen molar-refractivity contribution in [3.8, 4) is 0 Å². The van der Waals surface area contributed by atoms with Gasteiger partial charge in [0.2, 0.25) is 0 Å². The van der Waals surface area contributed by atoms with E-state index in [0.717, 1.165) is 6.07 Å². The summed E-state index contributed by atoms with van der Waals surface area (Å²) in [6.45, 7) is 0.297. The van der Waals surface area contributed by atoms with Gasteiger partial charge in [-0.3, -0.25) is 0 Å². The molecule has 0 saturated heterocycles. The number of rotatable bonds is 4. The van der Waals surface area contributed by atoms with Gasteiger partial charge < -0.3 is 5.73 Å². The molecule has 0 heterocycles. The molecule has 2 N–H and O–H groups in total. The van der Waals surface area contributed by atoms with Crippen molar-refractivity contribution < 1.29 is 8.78 Å². The highest BCUT2D eigenvalue weighted by Crippen LogP contribution is 2.17. The number of hydrogen-bond donors (Lipinski definition) is 1. The van der Waals surface area contributed by atoms with E-state index in [9.17, 15) is 8.78 Å². The van der Waals surface area contributed by atoms with Gasteiger partial charge in [-0.15, -0.1) is 0 Å². The highest BCUT2D eigenvalue weighted by atomic mass is 19.1. The van der Waals surface area contributed by atoms with Gasteiger partial charge in [-0.05, 0) is 18.0 Å². The van der Waals surface area contributed by atoms with Gasteiger partial charge in [0, 0.05) is 23.1 Å². The maximum absolute atomic E-state index is 13.2. The van der Waals surface area contributed by atoms with Crippen LogP contribution >= 0.6 is 0 Å². The molecule has 0 aromatic heterocycles. The Morgan fingerprint density at radius 3 is 2.81 bits per heavy atom. The summed E-state index contributed by atoms with van der Waals surface area (Å²) in [5.41, 5.74) is 13.4. The van der Waals surface area contributed by atoms with Crippen LogP contribution in [-0.4, -0.2) is 6.54 Å². The minimum absolute atomic E-state index is 0.101. The molecular formula is C10H10F2N4. The minimum atomic E-state index is -0.774. The number of azide groups is 1. The third-order valence-corrected chi connectivity index (χ3v) is 1.87. The molecule has 1 rings (SSSR count).